The van der Waals surface area contributed by atoms with Crippen molar-refractivity contribution in [2.45, 2.75) is 51.6 Å². The first-order valence-electron chi connectivity index (χ1n) is 8.04. The molecule has 1 atom stereocenters. The van der Waals surface area contributed by atoms with Gasteiger partial charge in [0.1, 0.15) is 5.60 Å². The summed E-state index contributed by atoms with van der Waals surface area (Å²) < 4.78 is 5.10. The summed E-state index contributed by atoms with van der Waals surface area (Å²) in [5.41, 5.74) is -0.110. The topological polar surface area (TPSA) is 119 Å². The van der Waals surface area contributed by atoms with Gasteiger partial charge < -0.3 is 15.2 Å². The highest BCUT2D eigenvalue weighted by Gasteiger charge is 2.20. The smallest absolute Gasteiger partial charge is 0.407 e. The highest BCUT2D eigenvalue weighted by molar-refractivity contribution is 5.76. The molecule has 8 nitrogen and oxygen atoms in total. The number of carboxylic acids is 1. The van der Waals surface area contributed by atoms with Gasteiger partial charge in [0.15, 0.2) is 0 Å². The van der Waals surface area contributed by atoms with Crippen LogP contribution < -0.4 is 5.32 Å². The Labute approximate surface area is 146 Å². The molecule has 0 spiro atoms. The molecule has 0 aliphatic heterocycles. The average Bonchev–Trinajstić information content (AvgIpc) is 2.48. The normalized spacial score (nSPS) is 12.3. The maximum Gasteiger partial charge on any atom is 0.407 e. The van der Waals surface area contributed by atoms with E-state index in [0.29, 0.717) is 31.4 Å². The number of alkyl carbamates (subject to hydrolysis) is 1. The summed E-state index contributed by atoms with van der Waals surface area (Å²) in [6, 6.07) is 5.54. The summed E-state index contributed by atoms with van der Waals surface area (Å²) in [5, 5.41) is 22.6. The van der Waals surface area contributed by atoms with Crippen LogP contribution >= 0.6 is 0 Å². The quantitative estimate of drug-likeness (QED) is 0.420. The Morgan fingerprint density at radius 2 is 1.84 bits per heavy atom. The minimum atomic E-state index is -0.978. The van der Waals surface area contributed by atoms with E-state index in [9.17, 15) is 24.8 Å². The number of hydrogen-bond donors (Lipinski definition) is 2. The van der Waals surface area contributed by atoms with Crippen LogP contribution in [0.2, 0.25) is 0 Å². The lowest BCUT2D eigenvalue weighted by molar-refractivity contribution is -0.384. The molecule has 0 aliphatic rings. The van der Waals surface area contributed by atoms with E-state index in [4.69, 9.17) is 4.74 Å². The van der Waals surface area contributed by atoms with Crippen molar-refractivity contribution in [3.8, 4) is 0 Å². The lowest BCUT2D eigenvalue weighted by atomic mass is 9.93. The SMILES string of the molecule is CC(C)(C)OC(=O)NCCCCC(C(=O)O)c1ccc([N+](=O)[O-])cc1. The van der Waals surface area contributed by atoms with Crippen LogP contribution in [0.25, 0.3) is 0 Å². The predicted molar refractivity (Wildman–Crippen MR) is 91.6 cm³/mol. The fourth-order valence-corrected chi connectivity index (χ4v) is 2.24. The van der Waals surface area contributed by atoms with E-state index in [0.717, 1.165) is 0 Å². The molecule has 138 valence electrons. The molecule has 2 N–H and O–H groups in total. The maximum atomic E-state index is 11.5. The van der Waals surface area contributed by atoms with Gasteiger partial charge in [-0.25, -0.2) is 4.79 Å². The van der Waals surface area contributed by atoms with Crippen molar-refractivity contribution in [3.63, 3.8) is 0 Å². The van der Waals surface area contributed by atoms with Crippen LogP contribution in [0.5, 0.6) is 0 Å². The Morgan fingerprint density at radius 3 is 2.32 bits per heavy atom. The number of nitrogens with one attached hydrogen (secondary N) is 1. The molecular weight excluding hydrogens is 328 g/mol. The third-order valence-electron chi connectivity index (χ3n) is 3.39. The van der Waals surface area contributed by atoms with Crippen LogP contribution in [-0.4, -0.2) is 34.2 Å². The lowest BCUT2D eigenvalue weighted by Gasteiger charge is -2.19. The number of ether oxygens (including phenoxy) is 1. The molecule has 25 heavy (non-hydrogen) atoms. The number of carboxylic acid groups (broad SMARTS) is 1. The molecule has 8 heteroatoms. The van der Waals surface area contributed by atoms with Crippen LogP contribution in [0, 0.1) is 10.1 Å². The third-order valence-corrected chi connectivity index (χ3v) is 3.39. The van der Waals surface area contributed by atoms with Gasteiger partial charge >= 0.3 is 12.1 Å². The standard InChI is InChI=1S/C17H24N2O6/c1-17(2,3)25-16(22)18-11-5-4-6-14(15(20)21)12-7-9-13(10-8-12)19(23)24/h7-10,14H,4-6,11H2,1-3H3,(H,18,22)(H,20,21). The second kappa shape index (κ2) is 9.00. The number of amides is 1. The molecule has 1 aromatic rings. The minimum Gasteiger partial charge on any atom is -0.481 e. The van der Waals surface area contributed by atoms with Gasteiger partial charge in [0.25, 0.3) is 5.69 Å². The van der Waals surface area contributed by atoms with Crippen LogP contribution in [0.1, 0.15) is 51.5 Å². The molecule has 0 bridgehead atoms. The van der Waals surface area contributed by atoms with Gasteiger partial charge in [0.2, 0.25) is 0 Å². The molecule has 0 radical (unpaired) electrons. The molecule has 1 unspecified atom stereocenters. The average molecular weight is 352 g/mol. The number of aliphatic carboxylic acids is 1. The molecule has 1 rings (SSSR count). The van der Waals surface area contributed by atoms with Crippen molar-refractivity contribution in [3.05, 3.63) is 39.9 Å². The number of nitrogens with zero attached hydrogens (tertiary/aromatic N) is 1. The fraction of sp³-hybridized carbons (Fsp3) is 0.529. The van der Waals surface area contributed by atoms with Crippen LogP contribution in [0.15, 0.2) is 24.3 Å². The first-order chi connectivity index (χ1) is 11.6. The first-order valence-corrected chi connectivity index (χ1v) is 8.04. The molecule has 1 amide bonds. The number of nitro groups is 1. The lowest BCUT2D eigenvalue weighted by Crippen LogP contribution is -2.33. The van der Waals surface area contributed by atoms with E-state index in [1.807, 2.05) is 0 Å². The minimum absolute atomic E-state index is 0.0746. The number of rotatable bonds is 8. The van der Waals surface area contributed by atoms with Crippen molar-refractivity contribution < 1.29 is 24.4 Å². The molecule has 1 aromatic carbocycles. The fourth-order valence-electron chi connectivity index (χ4n) is 2.24. The van der Waals surface area contributed by atoms with E-state index in [1.165, 1.54) is 24.3 Å². The second-order valence-corrected chi connectivity index (χ2v) is 6.66. The third kappa shape index (κ3) is 7.65. The molecule has 0 saturated heterocycles. The summed E-state index contributed by atoms with van der Waals surface area (Å²) in [7, 11) is 0. The van der Waals surface area contributed by atoms with E-state index in [-0.39, 0.29) is 5.69 Å². The number of unbranched alkanes of at least 4 members (excludes halogenated alkanes) is 1. The zero-order valence-electron chi connectivity index (χ0n) is 14.7. The Morgan fingerprint density at radius 1 is 1.24 bits per heavy atom. The summed E-state index contributed by atoms with van der Waals surface area (Å²) in [5.74, 6) is -1.71. The Balaban J connectivity index is 2.45. The molecular formula is C17H24N2O6. The van der Waals surface area contributed by atoms with Crippen molar-refractivity contribution in [1.82, 2.24) is 5.32 Å². The van der Waals surface area contributed by atoms with Gasteiger partial charge in [-0.1, -0.05) is 18.6 Å². The van der Waals surface area contributed by atoms with E-state index >= 15 is 0 Å². The van der Waals surface area contributed by atoms with Crippen molar-refractivity contribution in [2.75, 3.05) is 6.54 Å². The number of carbonyl (C=O) groups is 2. The van der Waals surface area contributed by atoms with Gasteiger partial charge in [0.05, 0.1) is 10.8 Å². The maximum absolute atomic E-state index is 11.5. The molecule has 0 saturated carbocycles. The number of non-ortho nitro benzene ring substituents is 1. The Hall–Kier alpha value is -2.64. The largest absolute Gasteiger partial charge is 0.481 e. The van der Waals surface area contributed by atoms with Crippen LogP contribution in [0.4, 0.5) is 10.5 Å². The summed E-state index contributed by atoms with van der Waals surface area (Å²) in [6.07, 6.45) is 1.07. The van der Waals surface area contributed by atoms with Gasteiger partial charge in [0, 0.05) is 18.7 Å². The van der Waals surface area contributed by atoms with Crippen LogP contribution in [0.3, 0.4) is 0 Å². The zero-order chi connectivity index (χ0) is 19.0. The second-order valence-electron chi connectivity index (χ2n) is 6.66. The number of carbonyl (C=O) groups excluding carboxylic acids is 1. The molecule has 0 fully saturated rings. The summed E-state index contributed by atoms with van der Waals surface area (Å²) in [4.78, 5) is 33.0. The van der Waals surface area contributed by atoms with Crippen molar-refractivity contribution in [1.29, 1.82) is 0 Å². The predicted octanol–water partition coefficient (Wildman–Crippen LogP) is 3.46. The van der Waals surface area contributed by atoms with E-state index in [1.54, 1.807) is 20.8 Å². The summed E-state index contributed by atoms with van der Waals surface area (Å²) in [6.45, 7) is 5.71. The van der Waals surface area contributed by atoms with Crippen molar-refractivity contribution in [2.24, 2.45) is 0 Å². The molecule has 0 heterocycles. The van der Waals surface area contributed by atoms with E-state index < -0.39 is 28.5 Å². The van der Waals surface area contributed by atoms with Gasteiger partial charge in [-0.15, -0.1) is 0 Å². The highest BCUT2D eigenvalue weighted by atomic mass is 16.6. The molecule has 0 aromatic heterocycles. The summed E-state index contributed by atoms with van der Waals surface area (Å²) >= 11 is 0. The zero-order valence-corrected chi connectivity index (χ0v) is 14.7. The number of benzene rings is 1. The van der Waals surface area contributed by atoms with Gasteiger partial charge in [-0.2, -0.15) is 0 Å². The first kappa shape index (κ1) is 20.4. The Bertz CT molecular complexity index is 607. The highest BCUT2D eigenvalue weighted by Crippen LogP contribution is 2.24. The monoisotopic (exact) mass is 352 g/mol. The van der Waals surface area contributed by atoms with Crippen molar-refractivity contribution >= 4 is 17.7 Å². The number of hydrogen-bond acceptors (Lipinski definition) is 5. The van der Waals surface area contributed by atoms with Gasteiger partial charge in [-0.05, 0) is 39.2 Å². The molecule has 0 aliphatic carbocycles. The number of nitro benzene ring substituents is 1. The van der Waals surface area contributed by atoms with Crippen LogP contribution in [-0.2, 0) is 9.53 Å². The van der Waals surface area contributed by atoms with Gasteiger partial charge in [-0.3, -0.25) is 14.9 Å². The van der Waals surface area contributed by atoms with E-state index in [2.05, 4.69) is 5.32 Å². The Kier molecular flexibility index (Phi) is 7.35.